The number of rotatable bonds is 7. The summed E-state index contributed by atoms with van der Waals surface area (Å²) in [5.41, 5.74) is 1.92. The summed E-state index contributed by atoms with van der Waals surface area (Å²) in [5, 5.41) is 1.76. The van der Waals surface area contributed by atoms with Gasteiger partial charge >= 0.3 is 0 Å². The van der Waals surface area contributed by atoms with Crippen LogP contribution in [0.3, 0.4) is 0 Å². The lowest BCUT2D eigenvalue weighted by atomic mass is 10.0. The summed E-state index contributed by atoms with van der Waals surface area (Å²) in [6.45, 7) is 4.10. The van der Waals surface area contributed by atoms with Crippen molar-refractivity contribution in [3.8, 4) is 11.5 Å². The Labute approximate surface area is 187 Å². The van der Waals surface area contributed by atoms with Crippen LogP contribution in [0, 0.1) is 0 Å². The third kappa shape index (κ3) is 4.45. The van der Waals surface area contributed by atoms with Crippen LogP contribution in [0.25, 0.3) is 0 Å². The molecule has 3 aromatic rings. The highest BCUT2D eigenvalue weighted by Gasteiger charge is 2.30. The van der Waals surface area contributed by atoms with Crippen molar-refractivity contribution in [3.05, 3.63) is 83.7 Å². The molecule has 32 heavy (non-hydrogen) atoms. The Morgan fingerprint density at radius 3 is 2.47 bits per heavy atom. The topological polar surface area (TPSA) is 94.6 Å². The first-order valence-electron chi connectivity index (χ1n) is 10.3. The maximum Gasteiger partial charge on any atom is 0.251 e. The lowest BCUT2D eigenvalue weighted by Gasteiger charge is -2.19. The number of nitrogens with zero attached hydrogens (tertiary/aromatic N) is 1. The van der Waals surface area contributed by atoms with Crippen molar-refractivity contribution in [1.82, 2.24) is 10.3 Å². The zero-order chi connectivity index (χ0) is 22.7. The number of fused-ring (bicyclic) bond motifs is 1. The van der Waals surface area contributed by atoms with Gasteiger partial charge < -0.3 is 14.8 Å². The Morgan fingerprint density at radius 1 is 1.03 bits per heavy atom. The number of carbonyl (C=O) groups excluding carboxylic acids is 1. The lowest BCUT2D eigenvalue weighted by molar-refractivity contribution is 0.0953. The van der Waals surface area contributed by atoms with E-state index in [0.29, 0.717) is 28.5 Å². The van der Waals surface area contributed by atoms with Gasteiger partial charge in [-0.25, -0.2) is 8.42 Å². The van der Waals surface area contributed by atoms with Gasteiger partial charge in [-0.15, -0.1) is 0 Å². The third-order valence-corrected chi connectivity index (χ3v) is 7.51. The zero-order valence-corrected chi connectivity index (χ0v) is 18.6. The quantitative estimate of drug-likeness (QED) is 0.585. The van der Waals surface area contributed by atoms with Gasteiger partial charge in [0.05, 0.1) is 4.90 Å². The number of carbonyl (C=O) groups is 1. The average Bonchev–Trinajstić information content (AvgIpc) is 3.27. The summed E-state index contributed by atoms with van der Waals surface area (Å²) in [5.74, 6) is 0.950. The highest BCUT2D eigenvalue weighted by atomic mass is 32.2. The maximum atomic E-state index is 13.5. The zero-order valence-electron chi connectivity index (χ0n) is 17.8. The van der Waals surface area contributed by atoms with Crippen molar-refractivity contribution in [2.75, 3.05) is 13.3 Å². The molecule has 0 radical (unpaired) electrons. The van der Waals surface area contributed by atoms with Gasteiger partial charge in [0.15, 0.2) is 21.3 Å². The van der Waals surface area contributed by atoms with E-state index >= 15 is 0 Å². The Morgan fingerprint density at radius 2 is 1.78 bits per heavy atom. The molecule has 1 N–H and O–H groups in total. The molecule has 0 aliphatic carbocycles. The molecule has 2 aromatic carbocycles. The molecule has 1 aliphatic rings. The van der Waals surface area contributed by atoms with Gasteiger partial charge in [0.1, 0.15) is 5.25 Å². The van der Waals surface area contributed by atoms with Gasteiger partial charge in [-0.05, 0) is 53.4 Å². The summed E-state index contributed by atoms with van der Waals surface area (Å²) in [7, 11) is -3.78. The Hall–Kier alpha value is -3.39. The van der Waals surface area contributed by atoms with Crippen LogP contribution in [-0.4, -0.2) is 32.6 Å². The molecule has 1 unspecified atom stereocenters. The van der Waals surface area contributed by atoms with E-state index in [1.54, 1.807) is 48.7 Å². The fraction of sp³-hybridized carbons (Fsp3) is 0.250. The number of amides is 1. The molecule has 1 aliphatic heterocycles. The van der Waals surface area contributed by atoms with E-state index in [-0.39, 0.29) is 18.2 Å². The van der Waals surface area contributed by atoms with E-state index in [1.807, 2.05) is 26.0 Å². The molecule has 8 heteroatoms. The minimum atomic E-state index is -3.78. The van der Waals surface area contributed by atoms with Gasteiger partial charge in [-0.3, -0.25) is 9.78 Å². The smallest absolute Gasteiger partial charge is 0.251 e. The number of aromatic nitrogens is 1. The second kappa shape index (κ2) is 9.00. The predicted octanol–water partition coefficient (Wildman–Crippen LogP) is 3.88. The number of hydrogen-bond acceptors (Lipinski definition) is 6. The van der Waals surface area contributed by atoms with Crippen LogP contribution >= 0.6 is 0 Å². The minimum absolute atomic E-state index is 0.104. The van der Waals surface area contributed by atoms with Crippen LogP contribution in [0.1, 0.15) is 46.5 Å². The van der Waals surface area contributed by atoms with Crippen molar-refractivity contribution in [1.29, 1.82) is 0 Å². The highest BCUT2D eigenvalue weighted by Crippen LogP contribution is 2.33. The predicted molar refractivity (Wildman–Crippen MR) is 120 cm³/mol. The molecule has 7 nitrogen and oxygen atoms in total. The number of nitrogens with one attached hydrogen (secondary N) is 1. The molecule has 0 saturated heterocycles. The normalized spacial score (nSPS) is 13.7. The average molecular weight is 453 g/mol. The second-order valence-electron chi connectivity index (χ2n) is 7.82. The summed E-state index contributed by atoms with van der Waals surface area (Å²) in [6.07, 6.45) is 3.09. The van der Waals surface area contributed by atoms with Crippen LogP contribution in [0.4, 0.5) is 0 Å². The number of ether oxygens (including phenoxy) is 2. The summed E-state index contributed by atoms with van der Waals surface area (Å²) in [4.78, 5) is 17.0. The molecule has 1 aromatic heterocycles. The molecule has 0 spiro atoms. The molecule has 1 atom stereocenters. The molecular weight excluding hydrogens is 428 g/mol. The molecule has 1 amide bonds. The fourth-order valence-electron chi connectivity index (χ4n) is 3.51. The van der Waals surface area contributed by atoms with E-state index in [4.69, 9.17) is 9.47 Å². The fourth-order valence-corrected chi connectivity index (χ4v) is 5.15. The van der Waals surface area contributed by atoms with Crippen molar-refractivity contribution >= 4 is 15.7 Å². The van der Waals surface area contributed by atoms with E-state index in [9.17, 15) is 13.2 Å². The number of benzene rings is 2. The number of hydrogen-bond donors (Lipinski definition) is 1. The largest absolute Gasteiger partial charge is 0.454 e. The first-order valence-corrected chi connectivity index (χ1v) is 11.8. The SMILES string of the molecule is CC(C)c1ccc(S(=O)(=O)C(CNC(=O)c2ccc3c(c2)OCO3)c2cccnc2)cc1. The Balaban J connectivity index is 1.59. The van der Waals surface area contributed by atoms with Gasteiger partial charge in [0, 0.05) is 24.5 Å². The Bertz CT molecular complexity index is 1210. The molecule has 2 heterocycles. The summed E-state index contributed by atoms with van der Waals surface area (Å²) in [6, 6.07) is 15.1. The highest BCUT2D eigenvalue weighted by molar-refractivity contribution is 7.91. The van der Waals surface area contributed by atoms with Gasteiger partial charge in [0.2, 0.25) is 6.79 Å². The van der Waals surface area contributed by atoms with Crippen molar-refractivity contribution in [3.63, 3.8) is 0 Å². The van der Waals surface area contributed by atoms with Gasteiger partial charge in [-0.2, -0.15) is 0 Å². The standard InChI is InChI=1S/C24H24N2O5S/c1-16(2)17-5-8-20(9-6-17)32(28,29)23(19-4-3-11-25-13-19)14-26-24(27)18-7-10-21-22(12-18)31-15-30-21/h3-13,16,23H,14-15H2,1-2H3,(H,26,27). The van der Waals surface area contributed by atoms with Gasteiger partial charge in [0.25, 0.3) is 5.91 Å². The van der Waals surface area contributed by atoms with E-state index in [0.717, 1.165) is 5.56 Å². The lowest BCUT2D eigenvalue weighted by Crippen LogP contribution is -2.32. The maximum absolute atomic E-state index is 13.5. The molecule has 4 rings (SSSR count). The van der Waals surface area contributed by atoms with E-state index < -0.39 is 21.0 Å². The monoisotopic (exact) mass is 452 g/mol. The molecule has 0 bridgehead atoms. The Kier molecular flexibility index (Phi) is 6.14. The minimum Gasteiger partial charge on any atom is -0.454 e. The van der Waals surface area contributed by atoms with Crippen LogP contribution in [-0.2, 0) is 9.84 Å². The number of sulfone groups is 1. The molecule has 0 saturated carbocycles. The van der Waals surface area contributed by atoms with Crippen LogP contribution in [0.2, 0.25) is 0 Å². The summed E-state index contributed by atoms with van der Waals surface area (Å²) >= 11 is 0. The van der Waals surface area contributed by atoms with Crippen LogP contribution in [0.5, 0.6) is 11.5 Å². The molecule has 0 fully saturated rings. The van der Waals surface area contributed by atoms with Crippen molar-refractivity contribution in [2.45, 2.75) is 29.9 Å². The first kappa shape index (κ1) is 21.8. The van der Waals surface area contributed by atoms with Crippen molar-refractivity contribution < 1.29 is 22.7 Å². The van der Waals surface area contributed by atoms with E-state index in [2.05, 4.69) is 10.3 Å². The van der Waals surface area contributed by atoms with E-state index in [1.165, 1.54) is 6.20 Å². The first-order chi connectivity index (χ1) is 15.4. The summed E-state index contributed by atoms with van der Waals surface area (Å²) < 4.78 is 37.6. The third-order valence-electron chi connectivity index (χ3n) is 5.39. The molecule has 166 valence electrons. The van der Waals surface area contributed by atoms with Gasteiger partial charge in [-0.1, -0.05) is 32.0 Å². The molecular formula is C24H24N2O5S. The van der Waals surface area contributed by atoms with Crippen LogP contribution < -0.4 is 14.8 Å². The number of pyridine rings is 1. The van der Waals surface area contributed by atoms with Crippen LogP contribution in [0.15, 0.2) is 71.9 Å². The van der Waals surface area contributed by atoms with Crippen molar-refractivity contribution in [2.24, 2.45) is 0 Å². The second-order valence-corrected chi connectivity index (χ2v) is 9.95.